The Balaban J connectivity index is 2.60. The van der Waals surface area contributed by atoms with Crippen LogP contribution in [-0.4, -0.2) is 5.78 Å². The van der Waals surface area contributed by atoms with Gasteiger partial charge in [0.25, 0.3) is 0 Å². The summed E-state index contributed by atoms with van der Waals surface area (Å²) in [5.74, 6) is -4.50. The standard InChI is InChI=1S/C13H7BrF3NO/c14-12-7(2-1-3-10(12)18)13(19)11-8(16)4-6(15)5-9(11)17/h1-5H,18H2. The highest BCUT2D eigenvalue weighted by molar-refractivity contribution is 9.10. The maximum Gasteiger partial charge on any atom is 0.200 e. The molecule has 0 unspecified atom stereocenters. The van der Waals surface area contributed by atoms with E-state index in [0.29, 0.717) is 12.1 Å². The minimum absolute atomic E-state index is 0.00408. The number of benzene rings is 2. The molecule has 0 amide bonds. The van der Waals surface area contributed by atoms with Gasteiger partial charge >= 0.3 is 0 Å². The molecule has 0 aliphatic carbocycles. The molecule has 0 aromatic heterocycles. The van der Waals surface area contributed by atoms with Gasteiger partial charge in [-0.05, 0) is 28.1 Å². The number of nitrogen functional groups attached to an aromatic ring is 1. The van der Waals surface area contributed by atoms with E-state index >= 15 is 0 Å². The van der Waals surface area contributed by atoms with E-state index in [-0.39, 0.29) is 15.7 Å². The molecule has 0 bridgehead atoms. The minimum Gasteiger partial charge on any atom is -0.398 e. The molecule has 0 aliphatic heterocycles. The Labute approximate surface area is 115 Å². The Bertz CT molecular complexity index is 650. The maximum atomic E-state index is 13.5. The first-order chi connectivity index (χ1) is 8.91. The molecule has 6 heteroatoms. The summed E-state index contributed by atoms with van der Waals surface area (Å²) < 4.78 is 40.1. The van der Waals surface area contributed by atoms with Crippen LogP contribution >= 0.6 is 15.9 Å². The summed E-state index contributed by atoms with van der Waals surface area (Å²) in [6.07, 6.45) is 0. The van der Waals surface area contributed by atoms with Crippen LogP contribution in [0.4, 0.5) is 18.9 Å². The van der Waals surface area contributed by atoms with Crippen molar-refractivity contribution in [1.82, 2.24) is 0 Å². The predicted octanol–water partition coefficient (Wildman–Crippen LogP) is 3.68. The Morgan fingerprint density at radius 1 is 1.11 bits per heavy atom. The largest absolute Gasteiger partial charge is 0.398 e. The second-order valence-electron chi connectivity index (χ2n) is 3.78. The number of hydrogen-bond acceptors (Lipinski definition) is 2. The van der Waals surface area contributed by atoms with Crippen LogP contribution in [0.3, 0.4) is 0 Å². The molecule has 0 heterocycles. The lowest BCUT2D eigenvalue weighted by Gasteiger charge is -2.08. The van der Waals surface area contributed by atoms with Crippen LogP contribution in [0.25, 0.3) is 0 Å². The smallest absolute Gasteiger partial charge is 0.200 e. The Hall–Kier alpha value is -1.82. The highest BCUT2D eigenvalue weighted by atomic mass is 79.9. The molecule has 2 aromatic rings. The van der Waals surface area contributed by atoms with Crippen molar-refractivity contribution >= 4 is 27.4 Å². The van der Waals surface area contributed by atoms with Gasteiger partial charge < -0.3 is 5.73 Å². The van der Waals surface area contributed by atoms with Crippen LogP contribution in [-0.2, 0) is 0 Å². The molecule has 0 saturated heterocycles. The monoisotopic (exact) mass is 329 g/mol. The number of carbonyl (C=O) groups is 1. The van der Waals surface area contributed by atoms with Gasteiger partial charge in [-0.25, -0.2) is 13.2 Å². The van der Waals surface area contributed by atoms with E-state index in [9.17, 15) is 18.0 Å². The molecule has 2 N–H and O–H groups in total. The van der Waals surface area contributed by atoms with Crippen LogP contribution in [0, 0.1) is 17.5 Å². The first-order valence-electron chi connectivity index (χ1n) is 5.15. The Morgan fingerprint density at radius 3 is 2.26 bits per heavy atom. The number of halogens is 4. The van der Waals surface area contributed by atoms with E-state index in [1.807, 2.05) is 0 Å². The third-order valence-corrected chi connectivity index (χ3v) is 3.39. The molecule has 0 atom stereocenters. The molecule has 98 valence electrons. The highest BCUT2D eigenvalue weighted by Gasteiger charge is 2.22. The van der Waals surface area contributed by atoms with Crippen LogP contribution < -0.4 is 5.73 Å². The van der Waals surface area contributed by atoms with E-state index in [1.54, 1.807) is 0 Å². The Morgan fingerprint density at radius 2 is 1.68 bits per heavy atom. The van der Waals surface area contributed by atoms with Gasteiger partial charge in [0.05, 0.1) is 10.0 Å². The van der Waals surface area contributed by atoms with Gasteiger partial charge in [-0.2, -0.15) is 0 Å². The number of anilines is 1. The first kappa shape index (κ1) is 13.6. The lowest BCUT2D eigenvalue weighted by Crippen LogP contribution is -2.09. The van der Waals surface area contributed by atoms with E-state index in [4.69, 9.17) is 5.73 Å². The molecule has 2 nitrogen and oxygen atoms in total. The average molecular weight is 330 g/mol. The maximum absolute atomic E-state index is 13.5. The van der Waals surface area contributed by atoms with Crippen molar-refractivity contribution in [3.05, 3.63) is 63.4 Å². The van der Waals surface area contributed by atoms with Crippen molar-refractivity contribution in [3.63, 3.8) is 0 Å². The quantitative estimate of drug-likeness (QED) is 0.674. The molecule has 0 spiro atoms. The number of carbonyl (C=O) groups excluding carboxylic acids is 1. The highest BCUT2D eigenvalue weighted by Crippen LogP contribution is 2.27. The van der Waals surface area contributed by atoms with Crippen molar-refractivity contribution in [3.8, 4) is 0 Å². The van der Waals surface area contributed by atoms with Gasteiger partial charge in [-0.15, -0.1) is 0 Å². The van der Waals surface area contributed by atoms with Gasteiger partial charge in [0, 0.05) is 23.4 Å². The molecule has 2 rings (SSSR count). The van der Waals surface area contributed by atoms with E-state index in [0.717, 1.165) is 0 Å². The van der Waals surface area contributed by atoms with Crippen molar-refractivity contribution in [2.75, 3.05) is 5.73 Å². The second kappa shape index (κ2) is 5.05. The molecule has 0 saturated carbocycles. The summed E-state index contributed by atoms with van der Waals surface area (Å²) in [5, 5.41) is 0. The minimum atomic E-state index is -1.25. The number of hydrogen-bond donors (Lipinski definition) is 1. The normalized spacial score (nSPS) is 10.5. The molecular weight excluding hydrogens is 323 g/mol. The van der Waals surface area contributed by atoms with Crippen LogP contribution in [0.15, 0.2) is 34.8 Å². The predicted molar refractivity (Wildman–Crippen MR) is 68.3 cm³/mol. The van der Waals surface area contributed by atoms with Crippen LogP contribution in [0.2, 0.25) is 0 Å². The number of nitrogens with two attached hydrogens (primary N) is 1. The fourth-order valence-corrected chi connectivity index (χ4v) is 2.06. The molecule has 19 heavy (non-hydrogen) atoms. The summed E-state index contributed by atoms with van der Waals surface area (Å²) in [6.45, 7) is 0. The van der Waals surface area contributed by atoms with Crippen molar-refractivity contribution in [2.24, 2.45) is 0 Å². The number of rotatable bonds is 2. The van der Waals surface area contributed by atoms with Gasteiger partial charge in [0.1, 0.15) is 17.5 Å². The lowest BCUT2D eigenvalue weighted by atomic mass is 10.0. The zero-order chi connectivity index (χ0) is 14.2. The van der Waals surface area contributed by atoms with Gasteiger partial charge in [0.2, 0.25) is 0 Å². The molecule has 0 radical (unpaired) electrons. The molecular formula is C13H7BrF3NO. The number of ketones is 1. The van der Waals surface area contributed by atoms with Gasteiger partial charge in [-0.3, -0.25) is 4.79 Å². The first-order valence-corrected chi connectivity index (χ1v) is 5.94. The summed E-state index contributed by atoms with van der Waals surface area (Å²) in [4.78, 5) is 12.1. The molecule has 0 aliphatic rings. The summed E-state index contributed by atoms with van der Waals surface area (Å²) in [6, 6.07) is 5.28. The van der Waals surface area contributed by atoms with Crippen LogP contribution in [0.1, 0.15) is 15.9 Å². The second-order valence-corrected chi connectivity index (χ2v) is 4.58. The molecule has 0 fully saturated rings. The van der Waals surface area contributed by atoms with Crippen molar-refractivity contribution in [1.29, 1.82) is 0 Å². The SMILES string of the molecule is Nc1cccc(C(=O)c2c(F)cc(F)cc2F)c1Br. The third kappa shape index (κ3) is 2.49. The van der Waals surface area contributed by atoms with Gasteiger partial charge in [0.15, 0.2) is 5.78 Å². The van der Waals surface area contributed by atoms with Gasteiger partial charge in [-0.1, -0.05) is 6.07 Å². The van der Waals surface area contributed by atoms with Crippen LogP contribution in [0.5, 0.6) is 0 Å². The Kier molecular flexibility index (Phi) is 3.61. The fraction of sp³-hybridized carbons (Fsp3) is 0. The molecule has 2 aromatic carbocycles. The summed E-state index contributed by atoms with van der Waals surface area (Å²) in [5.41, 5.74) is 5.04. The fourth-order valence-electron chi connectivity index (χ4n) is 1.62. The zero-order valence-corrected chi connectivity index (χ0v) is 11.0. The van der Waals surface area contributed by atoms with E-state index < -0.39 is 28.8 Å². The summed E-state index contributed by atoms with van der Waals surface area (Å²) >= 11 is 3.08. The van der Waals surface area contributed by atoms with Crippen molar-refractivity contribution < 1.29 is 18.0 Å². The zero-order valence-electron chi connectivity index (χ0n) is 9.38. The van der Waals surface area contributed by atoms with E-state index in [2.05, 4.69) is 15.9 Å². The third-order valence-electron chi connectivity index (χ3n) is 2.51. The topological polar surface area (TPSA) is 43.1 Å². The van der Waals surface area contributed by atoms with Crippen molar-refractivity contribution in [2.45, 2.75) is 0 Å². The van der Waals surface area contributed by atoms with E-state index in [1.165, 1.54) is 18.2 Å². The summed E-state index contributed by atoms with van der Waals surface area (Å²) in [7, 11) is 0. The lowest BCUT2D eigenvalue weighted by molar-refractivity contribution is 0.103. The average Bonchev–Trinajstić information content (AvgIpc) is 2.31.